The van der Waals surface area contributed by atoms with E-state index in [9.17, 15) is 4.79 Å². The minimum absolute atomic E-state index is 0.236. The number of aryl methyl sites for hydroxylation is 1. The van der Waals surface area contributed by atoms with E-state index in [1.807, 2.05) is 60.4 Å². The highest BCUT2D eigenvalue weighted by atomic mass is 16.1. The van der Waals surface area contributed by atoms with Gasteiger partial charge in [-0.25, -0.2) is 4.79 Å². The number of hydrogen-bond acceptors (Lipinski definition) is 5. The van der Waals surface area contributed by atoms with Crippen LogP contribution >= 0.6 is 0 Å². The standard InChI is InChI=1S/C25H18N8O/c1-32-23-13-27-21(22-8-9-28-33(22)14-16-4-2-15(12-26)3-5-16)11-18(23)24(31-32)17-6-7-19-20(10-17)30-25(34)29-19/h2-11,13H,14H2,1H3,(H2,29,30,34). The van der Waals surface area contributed by atoms with Crippen molar-refractivity contribution in [2.75, 3.05) is 0 Å². The van der Waals surface area contributed by atoms with Crippen molar-refractivity contribution in [3.05, 3.63) is 88.6 Å². The zero-order valence-electron chi connectivity index (χ0n) is 18.1. The molecule has 0 radical (unpaired) electrons. The molecule has 0 unspecified atom stereocenters. The Balaban J connectivity index is 1.43. The fourth-order valence-corrected chi connectivity index (χ4v) is 4.22. The van der Waals surface area contributed by atoms with Crippen molar-refractivity contribution >= 4 is 21.9 Å². The molecule has 0 fully saturated rings. The van der Waals surface area contributed by atoms with Crippen LogP contribution in [0, 0.1) is 11.3 Å². The number of aromatic amines is 2. The van der Waals surface area contributed by atoms with Crippen molar-refractivity contribution in [1.29, 1.82) is 5.26 Å². The third-order valence-electron chi connectivity index (χ3n) is 5.92. The first-order valence-corrected chi connectivity index (χ1v) is 10.7. The molecule has 0 aliphatic heterocycles. The number of imidazole rings is 1. The molecule has 164 valence electrons. The van der Waals surface area contributed by atoms with Crippen LogP contribution in [-0.4, -0.2) is 34.5 Å². The predicted molar refractivity (Wildman–Crippen MR) is 128 cm³/mol. The second-order valence-electron chi connectivity index (χ2n) is 8.08. The van der Waals surface area contributed by atoms with E-state index < -0.39 is 0 Å². The average Bonchev–Trinajstić information content (AvgIpc) is 3.55. The maximum atomic E-state index is 11.7. The van der Waals surface area contributed by atoms with Gasteiger partial charge in [-0.15, -0.1) is 0 Å². The molecule has 6 aromatic rings. The monoisotopic (exact) mass is 446 g/mol. The van der Waals surface area contributed by atoms with E-state index in [-0.39, 0.29) is 5.69 Å². The Kier molecular flexibility index (Phi) is 4.38. The summed E-state index contributed by atoms with van der Waals surface area (Å²) in [6, 6.07) is 19.3. The average molecular weight is 446 g/mol. The van der Waals surface area contributed by atoms with Crippen LogP contribution in [0.3, 0.4) is 0 Å². The number of H-pyrrole nitrogens is 2. The molecule has 2 N–H and O–H groups in total. The van der Waals surface area contributed by atoms with Crippen LogP contribution in [0.1, 0.15) is 11.1 Å². The molecule has 6 rings (SSSR count). The number of benzene rings is 2. The molecule has 0 bridgehead atoms. The molecule has 4 heterocycles. The lowest BCUT2D eigenvalue weighted by Crippen LogP contribution is -2.04. The lowest BCUT2D eigenvalue weighted by molar-refractivity contribution is 0.693. The third-order valence-corrected chi connectivity index (χ3v) is 5.92. The molecule has 0 atom stereocenters. The maximum Gasteiger partial charge on any atom is 0.323 e. The highest BCUT2D eigenvalue weighted by Gasteiger charge is 2.16. The topological polar surface area (TPSA) is 121 Å². The van der Waals surface area contributed by atoms with Gasteiger partial charge in [-0.1, -0.05) is 18.2 Å². The van der Waals surface area contributed by atoms with Gasteiger partial charge in [0.25, 0.3) is 0 Å². The van der Waals surface area contributed by atoms with Crippen molar-refractivity contribution in [2.24, 2.45) is 7.05 Å². The summed E-state index contributed by atoms with van der Waals surface area (Å²) < 4.78 is 3.70. The van der Waals surface area contributed by atoms with Crippen LogP contribution in [0.4, 0.5) is 0 Å². The molecular weight excluding hydrogens is 428 g/mol. The number of pyridine rings is 1. The number of hydrogen-bond donors (Lipinski definition) is 2. The zero-order chi connectivity index (χ0) is 23.2. The van der Waals surface area contributed by atoms with Gasteiger partial charge in [0.2, 0.25) is 0 Å². The van der Waals surface area contributed by atoms with Gasteiger partial charge in [-0.3, -0.25) is 14.3 Å². The number of fused-ring (bicyclic) bond motifs is 2. The molecule has 0 saturated carbocycles. The van der Waals surface area contributed by atoms with E-state index >= 15 is 0 Å². The molecule has 0 aliphatic carbocycles. The molecule has 34 heavy (non-hydrogen) atoms. The molecule has 0 aliphatic rings. The summed E-state index contributed by atoms with van der Waals surface area (Å²) in [5.41, 5.74) is 7.19. The number of rotatable bonds is 4. The van der Waals surface area contributed by atoms with Crippen LogP contribution in [0.25, 0.3) is 44.6 Å². The van der Waals surface area contributed by atoms with Gasteiger partial charge in [-0.05, 0) is 42.0 Å². The number of nitrogens with one attached hydrogen (secondary N) is 2. The molecular formula is C25H18N8O. The van der Waals surface area contributed by atoms with Gasteiger partial charge < -0.3 is 9.97 Å². The summed E-state index contributed by atoms with van der Waals surface area (Å²) in [5.74, 6) is 0. The van der Waals surface area contributed by atoms with E-state index in [2.05, 4.69) is 26.1 Å². The van der Waals surface area contributed by atoms with Gasteiger partial charge in [0.15, 0.2) is 0 Å². The smallest absolute Gasteiger partial charge is 0.306 e. The molecule has 2 aromatic carbocycles. The van der Waals surface area contributed by atoms with Crippen molar-refractivity contribution < 1.29 is 0 Å². The van der Waals surface area contributed by atoms with E-state index in [1.165, 1.54) is 0 Å². The van der Waals surface area contributed by atoms with Gasteiger partial charge in [-0.2, -0.15) is 15.5 Å². The Morgan fingerprint density at radius 3 is 2.68 bits per heavy atom. The van der Waals surface area contributed by atoms with E-state index in [1.54, 1.807) is 23.0 Å². The van der Waals surface area contributed by atoms with E-state index in [4.69, 9.17) is 10.4 Å². The van der Waals surface area contributed by atoms with Crippen LogP contribution in [-0.2, 0) is 13.6 Å². The molecule has 0 amide bonds. The molecule has 4 aromatic heterocycles. The van der Waals surface area contributed by atoms with Crippen LogP contribution < -0.4 is 5.69 Å². The van der Waals surface area contributed by atoms with E-state index in [0.29, 0.717) is 12.1 Å². The first-order valence-electron chi connectivity index (χ1n) is 10.7. The van der Waals surface area contributed by atoms with Gasteiger partial charge in [0.05, 0.1) is 52.3 Å². The number of nitrogens with zero attached hydrogens (tertiary/aromatic N) is 6. The Labute approximate surface area is 192 Å². The first-order chi connectivity index (χ1) is 16.6. The number of aromatic nitrogens is 7. The third kappa shape index (κ3) is 3.25. The molecule has 9 nitrogen and oxygen atoms in total. The van der Waals surface area contributed by atoms with Crippen molar-refractivity contribution in [2.45, 2.75) is 6.54 Å². The largest absolute Gasteiger partial charge is 0.323 e. The quantitative estimate of drug-likeness (QED) is 0.429. The number of nitriles is 1. The van der Waals surface area contributed by atoms with Crippen molar-refractivity contribution in [3.8, 4) is 28.7 Å². The second kappa shape index (κ2) is 7.56. The highest BCUT2D eigenvalue weighted by molar-refractivity contribution is 5.96. The highest BCUT2D eigenvalue weighted by Crippen LogP contribution is 2.31. The molecule has 0 saturated heterocycles. The Hall–Kier alpha value is -4.97. The van der Waals surface area contributed by atoms with E-state index in [0.717, 1.165) is 50.1 Å². The normalized spacial score (nSPS) is 11.3. The Morgan fingerprint density at radius 1 is 1.03 bits per heavy atom. The lowest BCUT2D eigenvalue weighted by Gasteiger charge is -2.08. The van der Waals surface area contributed by atoms with Crippen molar-refractivity contribution in [1.82, 2.24) is 34.5 Å². The summed E-state index contributed by atoms with van der Waals surface area (Å²) in [5, 5.41) is 19.2. The predicted octanol–water partition coefficient (Wildman–Crippen LogP) is 3.59. The Bertz CT molecular complexity index is 1780. The minimum atomic E-state index is -0.236. The second-order valence-corrected chi connectivity index (χ2v) is 8.08. The maximum absolute atomic E-state index is 11.7. The fourth-order valence-electron chi connectivity index (χ4n) is 4.22. The summed E-state index contributed by atoms with van der Waals surface area (Å²) >= 11 is 0. The van der Waals surface area contributed by atoms with Crippen LogP contribution in [0.15, 0.2) is 71.8 Å². The molecule has 0 spiro atoms. The lowest BCUT2D eigenvalue weighted by atomic mass is 10.1. The minimum Gasteiger partial charge on any atom is -0.306 e. The fraction of sp³-hybridized carbons (Fsp3) is 0.0800. The molecule has 9 heteroatoms. The Morgan fingerprint density at radius 2 is 1.85 bits per heavy atom. The first kappa shape index (κ1) is 19.7. The van der Waals surface area contributed by atoms with Crippen LogP contribution in [0.5, 0.6) is 0 Å². The summed E-state index contributed by atoms with van der Waals surface area (Å²) in [7, 11) is 1.89. The zero-order valence-corrected chi connectivity index (χ0v) is 18.1. The van der Waals surface area contributed by atoms with Gasteiger partial charge in [0, 0.05) is 24.2 Å². The van der Waals surface area contributed by atoms with Gasteiger partial charge in [0.1, 0.15) is 5.69 Å². The summed E-state index contributed by atoms with van der Waals surface area (Å²) in [6.45, 7) is 0.561. The summed E-state index contributed by atoms with van der Waals surface area (Å²) in [6.07, 6.45) is 3.57. The van der Waals surface area contributed by atoms with Gasteiger partial charge >= 0.3 is 5.69 Å². The SMILES string of the molecule is Cn1nc(-c2ccc3[nH]c(=O)[nH]c3c2)c2cc(-c3ccnn3Cc3ccc(C#N)cc3)ncc21. The summed E-state index contributed by atoms with van der Waals surface area (Å²) in [4.78, 5) is 21.9. The van der Waals surface area contributed by atoms with Crippen LogP contribution in [0.2, 0.25) is 0 Å². The van der Waals surface area contributed by atoms with Crippen molar-refractivity contribution in [3.63, 3.8) is 0 Å².